The minimum Gasteiger partial charge on any atom is -0.354 e. The van der Waals surface area contributed by atoms with Gasteiger partial charge in [-0.2, -0.15) is 0 Å². The first-order valence-corrected chi connectivity index (χ1v) is 4.20. The Bertz CT molecular complexity index is 229. The molecule has 0 atom stereocenters. The van der Waals surface area contributed by atoms with Gasteiger partial charge in [-0.3, -0.25) is 4.79 Å². The number of hydrogen-bond donors (Lipinski definition) is 1. The highest BCUT2D eigenvalue weighted by atomic mass is 16.1. The van der Waals surface area contributed by atoms with Crippen LogP contribution in [-0.4, -0.2) is 17.0 Å². The molecule has 1 aromatic heterocycles. The van der Waals surface area contributed by atoms with Crippen molar-refractivity contribution < 1.29 is 4.79 Å². The van der Waals surface area contributed by atoms with E-state index < -0.39 is 0 Å². The number of hydrogen-bond acceptors (Lipinski definition) is 1. The van der Waals surface area contributed by atoms with Gasteiger partial charge in [-0.1, -0.05) is 6.92 Å². The summed E-state index contributed by atoms with van der Waals surface area (Å²) in [6, 6.07) is 3.95. The van der Waals surface area contributed by atoms with Crippen LogP contribution in [0.5, 0.6) is 0 Å². The van der Waals surface area contributed by atoms with Gasteiger partial charge in [0.05, 0.1) is 0 Å². The number of carbonyl (C=O) groups is 1. The van der Waals surface area contributed by atoms with Gasteiger partial charge in [-0.25, -0.2) is 0 Å². The highest BCUT2D eigenvalue weighted by Crippen LogP contribution is 1.88. The quantitative estimate of drug-likeness (QED) is 0.711. The third-order valence-corrected chi connectivity index (χ3v) is 1.68. The molecule has 0 aliphatic rings. The van der Waals surface area contributed by atoms with Gasteiger partial charge in [0.2, 0.25) is 5.91 Å². The Morgan fingerprint density at radius 3 is 2.67 bits per heavy atom. The van der Waals surface area contributed by atoms with Crippen LogP contribution in [0.4, 0.5) is 0 Å². The average molecular weight is 166 g/mol. The summed E-state index contributed by atoms with van der Waals surface area (Å²) in [6.07, 6.45) is 4.53. The van der Waals surface area contributed by atoms with Gasteiger partial charge < -0.3 is 9.88 Å². The molecular formula is C9H14N2O. The minimum absolute atomic E-state index is 0.113. The highest BCUT2D eigenvalue weighted by Gasteiger charge is 1.94. The van der Waals surface area contributed by atoms with Crippen molar-refractivity contribution in [2.45, 2.75) is 19.9 Å². The minimum atomic E-state index is 0.113. The second kappa shape index (κ2) is 4.59. The van der Waals surface area contributed by atoms with Crippen molar-refractivity contribution in [2.75, 3.05) is 6.54 Å². The zero-order valence-corrected chi connectivity index (χ0v) is 7.29. The Morgan fingerprint density at radius 2 is 2.08 bits per heavy atom. The molecule has 0 unspecified atom stereocenters. The molecule has 0 aromatic carbocycles. The molecule has 0 aliphatic heterocycles. The molecule has 0 fully saturated rings. The molecule has 12 heavy (non-hydrogen) atoms. The molecule has 3 nitrogen and oxygen atoms in total. The lowest BCUT2D eigenvalue weighted by molar-refractivity contribution is -0.120. The van der Waals surface area contributed by atoms with Gasteiger partial charge in [0.15, 0.2) is 0 Å². The first-order chi connectivity index (χ1) is 5.83. The summed E-state index contributed by atoms with van der Waals surface area (Å²) in [5.41, 5.74) is 0. The summed E-state index contributed by atoms with van der Waals surface area (Å²) in [4.78, 5) is 10.8. The lowest BCUT2D eigenvalue weighted by atomic mass is 10.4. The van der Waals surface area contributed by atoms with Crippen LogP contribution in [0.15, 0.2) is 24.5 Å². The average Bonchev–Trinajstić information content (AvgIpc) is 2.57. The SMILES string of the molecule is CCC(=O)NCCn1cccc1. The summed E-state index contributed by atoms with van der Waals surface area (Å²) in [6.45, 7) is 3.41. The van der Waals surface area contributed by atoms with Crippen molar-refractivity contribution in [3.05, 3.63) is 24.5 Å². The molecule has 0 radical (unpaired) electrons. The Morgan fingerprint density at radius 1 is 1.42 bits per heavy atom. The van der Waals surface area contributed by atoms with Gasteiger partial charge in [-0.05, 0) is 12.1 Å². The summed E-state index contributed by atoms with van der Waals surface area (Å²) in [5.74, 6) is 0.113. The molecule has 1 N–H and O–H groups in total. The molecule has 1 amide bonds. The summed E-state index contributed by atoms with van der Waals surface area (Å²) >= 11 is 0. The maximum atomic E-state index is 10.8. The molecule has 0 saturated heterocycles. The monoisotopic (exact) mass is 166 g/mol. The van der Waals surface area contributed by atoms with Gasteiger partial charge in [0.25, 0.3) is 0 Å². The van der Waals surface area contributed by atoms with Crippen molar-refractivity contribution in [1.82, 2.24) is 9.88 Å². The van der Waals surface area contributed by atoms with Crippen molar-refractivity contribution in [2.24, 2.45) is 0 Å². The lowest BCUT2D eigenvalue weighted by Gasteiger charge is -2.03. The molecule has 0 aliphatic carbocycles. The van der Waals surface area contributed by atoms with E-state index >= 15 is 0 Å². The Kier molecular flexibility index (Phi) is 3.38. The van der Waals surface area contributed by atoms with Crippen LogP contribution in [0.3, 0.4) is 0 Å². The number of aromatic nitrogens is 1. The maximum absolute atomic E-state index is 10.8. The highest BCUT2D eigenvalue weighted by molar-refractivity contribution is 5.75. The second-order valence-corrected chi connectivity index (χ2v) is 2.62. The fourth-order valence-corrected chi connectivity index (χ4v) is 0.969. The van der Waals surface area contributed by atoms with Gasteiger partial charge in [-0.15, -0.1) is 0 Å². The van der Waals surface area contributed by atoms with E-state index in [1.165, 1.54) is 0 Å². The van der Waals surface area contributed by atoms with Crippen LogP contribution in [0.25, 0.3) is 0 Å². The van der Waals surface area contributed by atoms with Crippen LogP contribution in [0.2, 0.25) is 0 Å². The Balaban J connectivity index is 2.15. The number of nitrogens with zero attached hydrogens (tertiary/aromatic N) is 1. The molecule has 66 valence electrons. The third-order valence-electron chi connectivity index (χ3n) is 1.68. The summed E-state index contributed by atoms with van der Waals surface area (Å²) in [7, 11) is 0. The molecule has 0 spiro atoms. The Labute approximate surface area is 72.4 Å². The molecular weight excluding hydrogens is 152 g/mol. The number of rotatable bonds is 4. The second-order valence-electron chi connectivity index (χ2n) is 2.62. The zero-order valence-electron chi connectivity index (χ0n) is 7.29. The molecule has 3 heteroatoms. The summed E-state index contributed by atoms with van der Waals surface area (Å²) < 4.78 is 2.04. The van der Waals surface area contributed by atoms with Gasteiger partial charge in [0.1, 0.15) is 0 Å². The van der Waals surface area contributed by atoms with Crippen LogP contribution in [-0.2, 0) is 11.3 Å². The molecule has 1 aromatic rings. The zero-order chi connectivity index (χ0) is 8.81. The predicted molar refractivity (Wildman–Crippen MR) is 47.7 cm³/mol. The Hall–Kier alpha value is -1.25. The predicted octanol–water partition coefficient (Wildman–Crippen LogP) is 1.01. The lowest BCUT2D eigenvalue weighted by Crippen LogP contribution is -2.25. The van der Waals surface area contributed by atoms with Crippen molar-refractivity contribution in [3.63, 3.8) is 0 Å². The molecule has 0 saturated carbocycles. The van der Waals surface area contributed by atoms with E-state index in [1.54, 1.807) is 0 Å². The van der Waals surface area contributed by atoms with Gasteiger partial charge in [0, 0.05) is 31.9 Å². The maximum Gasteiger partial charge on any atom is 0.219 e. The third kappa shape index (κ3) is 2.78. The van der Waals surface area contributed by atoms with E-state index in [-0.39, 0.29) is 5.91 Å². The topological polar surface area (TPSA) is 34.0 Å². The van der Waals surface area contributed by atoms with Crippen LogP contribution in [0, 0.1) is 0 Å². The van der Waals surface area contributed by atoms with Crippen molar-refractivity contribution in [3.8, 4) is 0 Å². The van der Waals surface area contributed by atoms with Crippen LogP contribution < -0.4 is 5.32 Å². The molecule has 1 heterocycles. The van der Waals surface area contributed by atoms with E-state index in [0.29, 0.717) is 13.0 Å². The smallest absolute Gasteiger partial charge is 0.219 e. The fourth-order valence-electron chi connectivity index (χ4n) is 0.969. The van der Waals surface area contributed by atoms with Crippen LogP contribution >= 0.6 is 0 Å². The number of nitrogens with one attached hydrogen (secondary N) is 1. The standard InChI is InChI=1S/C9H14N2O/c1-2-9(12)10-5-8-11-6-3-4-7-11/h3-4,6-7H,2,5,8H2,1H3,(H,10,12). The number of amides is 1. The normalized spacial score (nSPS) is 9.75. The van der Waals surface area contributed by atoms with E-state index in [1.807, 2.05) is 36.0 Å². The molecule has 0 bridgehead atoms. The van der Waals surface area contributed by atoms with Crippen molar-refractivity contribution in [1.29, 1.82) is 0 Å². The first-order valence-electron chi connectivity index (χ1n) is 4.20. The fraction of sp³-hybridized carbons (Fsp3) is 0.444. The first kappa shape index (κ1) is 8.84. The van der Waals surface area contributed by atoms with E-state index in [4.69, 9.17) is 0 Å². The summed E-state index contributed by atoms with van der Waals surface area (Å²) in [5, 5.41) is 2.81. The van der Waals surface area contributed by atoms with E-state index in [9.17, 15) is 4.79 Å². The number of carbonyl (C=O) groups excluding carboxylic acids is 1. The van der Waals surface area contributed by atoms with E-state index in [2.05, 4.69) is 5.32 Å². The van der Waals surface area contributed by atoms with Crippen molar-refractivity contribution >= 4 is 5.91 Å². The largest absolute Gasteiger partial charge is 0.354 e. The molecule has 1 rings (SSSR count). The van der Waals surface area contributed by atoms with E-state index in [0.717, 1.165) is 6.54 Å². The van der Waals surface area contributed by atoms with Gasteiger partial charge >= 0.3 is 0 Å². The van der Waals surface area contributed by atoms with Crippen LogP contribution in [0.1, 0.15) is 13.3 Å².